The van der Waals surface area contributed by atoms with E-state index in [4.69, 9.17) is 5.11 Å². The van der Waals surface area contributed by atoms with E-state index < -0.39 is 23.4 Å². The van der Waals surface area contributed by atoms with Crippen molar-refractivity contribution in [2.45, 2.75) is 18.4 Å². The number of para-hydroxylation sites is 1. The van der Waals surface area contributed by atoms with Crippen molar-refractivity contribution in [1.82, 2.24) is 5.32 Å². The van der Waals surface area contributed by atoms with Crippen molar-refractivity contribution in [3.63, 3.8) is 0 Å². The maximum atomic E-state index is 13.4. The van der Waals surface area contributed by atoms with E-state index in [-0.39, 0.29) is 5.69 Å². The molecule has 0 bridgehead atoms. The van der Waals surface area contributed by atoms with Crippen LogP contribution in [-0.4, -0.2) is 22.6 Å². The number of carbonyl (C=O) groups is 2. The van der Waals surface area contributed by atoms with Crippen molar-refractivity contribution in [1.29, 1.82) is 0 Å². The second-order valence-corrected chi connectivity index (χ2v) is 4.92. The lowest BCUT2D eigenvalue weighted by molar-refractivity contribution is -0.140. The van der Waals surface area contributed by atoms with Gasteiger partial charge in [0.2, 0.25) is 0 Å². The van der Waals surface area contributed by atoms with Crippen LogP contribution in [0.25, 0.3) is 0 Å². The van der Waals surface area contributed by atoms with Gasteiger partial charge in [0.05, 0.1) is 5.69 Å². The first-order valence-electron chi connectivity index (χ1n) is 5.21. The Kier molecular flexibility index (Phi) is 3.25. The maximum Gasteiger partial charge on any atom is 0.329 e. The zero-order chi connectivity index (χ0) is 13.3. The van der Waals surface area contributed by atoms with E-state index in [9.17, 15) is 14.0 Å². The molecule has 1 aromatic rings. The molecule has 18 heavy (non-hydrogen) atoms. The van der Waals surface area contributed by atoms with Gasteiger partial charge in [0.15, 0.2) is 0 Å². The van der Waals surface area contributed by atoms with Crippen molar-refractivity contribution >= 4 is 33.6 Å². The van der Waals surface area contributed by atoms with Crippen LogP contribution in [0.1, 0.15) is 12.8 Å². The topological polar surface area (TPSA) is 78.4 Å². The summed E-state index contributed by atoms with van der Waals surface area (Å²) in [5.41, 5.74) is -1.21. The number of benzene rings is 1. The normalized spacial score (nSPS) is 15.9. The second kappa shape index (κ2) is 4.56. The molecule has 3 N–H and O–H groups in total. The molecule has 1 saturated carbocycles. The minimum Gasteiger partial charge on any atom is -0.480 e. The molecule has 0 unspecified atom stereocenters. The highest BCUT2D eigenvalue weighted by molar-refractivity contribution is 9.10. The summed E-state index contributed by atoms with van der Waals surface area (Å²) in [5, 5.41) is 13.5. The Balaban J connectivity index is 2.06. The highest BCUT2D eigenvalue weighted by Crippen LogP contribution is 2.35. The molecule has 0 heterocycles. The Bertz CT molecular complexity index is 497. The molecule has 0 saturated heterocycles. The molecular weight excluding hydrogens is 307 g/mol. The van der Waals surface area contributed by atoms with E-state index in [1.807, 2.05) is 0 Å². The fourth-order valence-corrected chi connectivity index (χ4v) is 1.94. The summed E-state index contributed by atoms with van der Waals surface area (Å²) < 4.78 is 13.8. The van der Waals surface area contributed by atoms with Crippen molar-refractivity contribution in [3.05, 3.63) is 28.5 Å². The molecule has 5 nitrogen and oxygen atoms in total. The van der Waals surface area contributed by atoms with E-state index in [0.717, 1.165) is 0 Å². The fourth-order valence-electron chi connectivity index (χ4n) is 1.50. The van der Waals surface area contributed by atoms with Crippen LogP contribution in [0.5, 0.6) is 0 Å². The molecule has 0 aromatic heterocycles. The smallest absolute Gasteiger partial charge is 0.329 e. The number of carboxylic acids is 1. The van der Waals surface area contributed by atoms with Crippen LogP contribution in [0.2, 0.25) is 0 Å². The zero-order valence-electron chi connectivity index (χ0n) is 9.17. The number of urea groups is 1. The van der Waals surface area contributed by atoms with Gasteiger partial charge in [-0.25, -0.2) is 14.0 Å². The van der Waals surface area contributed by atoms with Gasteiger partial charge in [-0.15, -0.1) is 0 Å². The van der Waals surface area contributed by atoms with Gasteiger partial charge >= 0.3 is 12.0 Å². The lowest BCUT2D eigenvalue weighted by Crippen LogP contribution is -2.45. The third-order valence-corrected chi connectivity index (χ3v) is 3.37. The van der Waals surface area contributed by atoms with Gasteiger partial charge in [-0.1, -0.05) is 6.07 Å². The third-order valence-electron chi connectivity index (χ3n) is 2.71. The average Bonchev–Trinajstić information content (AvgIpc) is 3.05. The molecule has 1 aliphatic rings. The van der Waals surface area contributed by atoms with Crippen molar-refractivity contribution in [2.75, 3.05) is 5.32 Å². The Morgan fingerprint density at radius 3 is 2.56 bits per heavy atom. The third kappa shape index (κ3) is 2.45. The first-order valence-corrected chi connectivity index (χ1v) is 6.00. The first kappa shape index (κ1) is 12.8. The van der Waals surface area contributed by atoms with E-state index in [2.05, 4.69) is 26.6 Å². The molecular formula is C11H10BrFN2O3. The molecule has 1 aromatic carbocycles. The van der Waals surface area contributed by atoms with Crippen LogP contribution in [0.15, 0.2) is 22.7 Å². The summed E-state index contributed by atoms with van der Waals surface area (Å²) in [6, 6.07) is 3.52. The Morgan fingerprint density at radius 1 is 1.39 bits per heavy atom. The van der Waals surface area contributed by atoms with Crippen LogP contribution in [0.3, 0.4) is 0 Å². The molecule has 2 amide bonds. The largest absolute Gasteiger partial charge is 0.480 e. The van der Waals surface area contributed by atoms with Crippen LogP contribution in [-0.2, 0) is 4.79 Å². The predicted molar refractivity (Wildman–Crippen MR) is 65.9 cm³/mol. The Morgan fingerprint density at radius 2 is 2.06 bits per heavy atom. The molecule has 0 atom stereocenters. The highest BCUT2D eigenvalue weighted by atomic mass is 79.9. The average molecular weight is 317 g/mol. The predicted octanol–water partition coefficient (Wildman–Crippen LogP) is 2.33. The van der Waals surface area contributed by atoms with Crippen molar-refractivity contribution < 1.29 is 19.1 Å². The number of carboxylic acid groups (broad SMARTS) is 1. The highest BCUT2D eigenvalue weighted by Gasteiger charge is 2.51. The van der Waals surface area contributed by atoms with Crippen LogP contribution < -0.4 is 10.6 Å². The lowest BCUT2D eigenvalue weighted by atomic mass is 10.3. The minimum absolute atomic E-state index is 0.0174. The second-order valence-electron chi connectivity index (χ2n) is 4.06. The molecule has 1 fully saturated rings. The van der Waals surface area contributed by atoms with E-state index >= 15 is 0 Å². The summed E-state index contributed by atoms with van der Waals surface area (Å²) >= 11 is 3.10. The number of rotatable bonds is 3. The van der Waals surface area contributed by atoms with Gasteiger partial charge in [0, 0.05) is 4.47 Å². The number of hydrogen-bond acceptors (Lipinski definition) is 2. The first-order chi connectivity index (χ1) is 8.44. The summed E-state index contributed by atoms with van der Waals surface area (Å²) in [6.45, 7) is 0. The molecule has 1 aliphatic carbocycles. The van der Waals surface area contributed by atoms with Gasteiger partial charge in [0.25, 0.3) is 0 Å². The number of anilines is 1. The van der Waals surface area contributed by atoms with Crippen LogP contribution in [0.4, 0.5) is 14.9 Å². The molecule has 0 aliphatic heterocycles. The Labute approximate surface area is 111 Å². The zero-order valence-corrected chi connectivity index (χ0v) is 10.8. The molecule has 7 heteroatoms. The number of nitrogens with one attached hydrogen (secondary N) is 2. The summed E-state index contributed by atoms with van der Waals surface area (Å²) in [5.74, 6) is -1.68. The van der Waals surface area contributed by atoms with Gasteiger partial charge in [0.1, 0.15) is 11.4 Å². The summed E-state index contributed by atoms with van der Waals surface area (Å²) in [6.07, 6.45) is 0.766. The van der Waals surface area contributed by atoms with Crippen molar-refractivity contribution in [3.8, 4) is 0 Å². The fraction of sp³-hybridized carbons (Fsp3) is 0.273. The standard InChI is InChI=1S/C11H10BrFN2O3/c12-6-2-1-3-7(13)8(6)14-10(18)15-11(4-5-11)9(16)17/h1-3H,4-5H2,(H,16,17)(H2,14,15,18). The van der Waals surface area contributed by atoms with Crippen LogP contribution in [0, 0.1) is 5.82 Å². The quantitative estimate of drug-likeness (QED) is 0.800. The van der Waals surface area contributed by atoms with Crippen molar-refractivity contribution in [2.24, 2.45) is 0 Å². The van der Waals surface area contributed by atoms with Gasteiger partial charge in [-0.05, 0) is 40.9 Å². The monoisotopic (exact) mass is 316 g/mol. The number of hydrogen-bond donors (Lipinski definition) is 3. The lowest BCUT2D eigenvalue weighted by Gasteiger charge is -2.14. The van der Waals surface area contributed by atoms with Gasteiger partial charge in [-0.2, -0.15) is 0 Å². The molecule has 96 valence electrons. The number of halogens is 2. The SMILES string of the molecule is O=C(Nc1c(F)cccc1Br)NC1(C(=O)O)CC1. The van der Waals surface area contributed by atoms with Gasteiger partial charge in [-0.3, -0.25) is 0 Å². The summed E-state index contributed by atoms with van der Waals surface area (Å²) in [4.78, 5) is 22.5. The van der Waals surface area contributed by atoms with E-state index in [0.29, 0.717) is 17.3 Å². The number of carbonyl (C=O) groups excluding carboxylic acids is 1. The number of amides is 2. The molecule has 0 spiro atoms. The van der Waals surface area contributed by atoms with Gasteiger partial charge < -0.3 is 15.7 Å². The number of aliphatic carboxylic acids is 1. The molecule has 0 radical (unpaired) electrons. The Hall–Kier alpha value is -1.63. The minimum atomic E-state index is -1.19. The summed E-state index contributed by atoms with van der Waals surface area (Å²) in [7, 11) is 0. The van der Waals surface area contributed by atoms with E-state index in [1.165, 1.54) is 12.1 Å². The maximum absolute atomic E-state index is 13.4. The van der Waals surface area contributed by atoms with E-state index in [1.54, 1.807) is 6.07 Å². The van der Waals surface area contributed by atoms with Crippen LogP contribution >= 0.6 is 15.9 Å². The molecule has 2 rings (SSSR count).